The van der Waals surface area contributed by atoms with Gasteiger partial charge in [0.1, 0.15) is 0 Å². The minimum absolute atomic E-state index is 0.130. The number of aliphatic hydroxyl groups excluding tert-OH is 1. The van der Waals surface area contributed by atoms with Crippen LogP contribution < -0.4 is 0 Å². The summed E-state index contributed by atoms with van der Waals surface area (Å²) in [4.78, 5) is 10.8. The van der Waals surface area contributed by atoms with E-state index in [2.05, 4.69) is 0 Å². The van der Waals surface area contributed by atoms with Gasteiger partial charge in [-0.2, -0.15) is 0 Å². The SMILES string of the molecule is CC(C)(C(=O)O)C1CCC(O)C1. The third kappa shape index (κ3) is 1.61. The van der Waals surface area contributed by atoms with Gasteiger partial charge in [-0.15, -0.1) is 0 Å². The highest BCUT2D eigenvalue weighted by Crippen LogP contribution is 2.39. The van der Waals surface area contributed by atoms with Crippen LogP contribution in [0.3, 0.4) is 0 Å². The lowest BCUT2D eigenvalue weighted by Gasteiger charge is -2.26. The Balaban J connectivity index is 2.63. The quantitative estimate of drug-likeness (QED) is 0.659. The maximum Gasteiger partial charge on any atom is 0.309 e. The van der Waals surface area contributed by atoms with E-state index in [1.54, 1.807) is 13.8 Å². The summed E-state index contributed by atoms with van der Waals surface area (Å²) in [5, 5.41) is 18.2. The van der Waals surface area contributed by atoms with Crippen molar-refractivity contribution in [3.63, 3.8) is 0 Å². The molecule has 12 heavy (non-hydrogen) atoms. The topological polar surface area (TPSA) is 57.5 Å². The Hall–Kier alpha value is -0.570. The molecule has 2 unspecified atom stereocenters. The predicted molar refractivity (Wildman–Crippen MR) is 44.8 cm³/mol. The molecule has 0 aromatic carbocycles. The van der Waals surface area contributed by atoms with E-state index < -0.39 is 11.4 Å². The van der Waals surface area contributed by atoms with Crippen LogP contribution in [-0.4, -0.2) is 22.3 Å². The first-order chi connectivity index (χ1) is 5.44. The second kappa shape index (κ2) is 3.05. The van der Waals surface area contributed by atoms with Crippen molar-refractivity contribution in [1.29, 1.82) is 0 Å². The summed E-state index contributed by atoms with van der Waals surface area (Å²) in [6.45, 7) is 3.47. The van der Waals surface area contributed by atoms with Crippen LogP contribution in [-0.2, 0) is 4.79 Å². The lowest BCUT2D eigenvalue weighted by molar-refractivity contribution is -0.150. The van der Waals surface area contributed by atoms with Gasteiger partial charge in [0.05, 0.1) is 11.5 Å². The van der Waals surface area contributed by atoms with E-state index in [1.165, 1.54) is 0 Å². The number of hydrogen-bond acceptors (Lipinski definition) is 2. The number of rotatable bonds is 2. The van der Waals surface area contributed by atoms with Crippen LogP contribution in [0.4, 0.5) is 0 Å². The Morgan fingerprint density at radius 2 is 2.00 bits per heavy atom. The van der Waals surface area contributed by atoms with Gasteiger partial charge in [0.15, 0.2) is 0 Å². The molecule has 0 saturated heterocycles. The summed E-state index contributed by atoms with van der Waals surface area (Å²) < 4.78 is 0. The normalized spacial score (nSPS) is 30.6. The molecule has 1 rings (SSSR count). The highest BCUT2D eigenvalue weighted by atomic mass is 16.4. The van der Waals surface area contributed by atoms with Gasteiger partial charge in [-0.1, -0.05) is 0 Å². The van der Waals surface area contributed by atoms with Gasteiger partial charge in [0, 0.05) is 0 Å². The van der Waals surface area contributed by atoms with Crippen LogP contribution in [0.5, 0.6) is 0 Å². The Bertz CT molecular complexity index is 186. The van der Waals surface area contributed by atoms with Crippen LogP contribution in [0.1, 0.15) is 33.1 Å². The molecule has 0 aliphatic heterocycles. The van der Waals surface area contributed by atoms with Gasteiger partial charge in [-0.25, -0.2) is 0 Å². The highest BCUT2D eigenvalue weighted by molar-refractivity contribution is 5.74. The van der Waals surface area contributed by atoms with Crippen molar-refractivity contribution in [3.8, 4) is 0 Å². The van der Waals surface area contributed by atoms with Crippen LogP contribution >= 0.6 is 0 Å². The summed E-state index contributed by atoms with van der Waals surface area (Å²) in [6, 6.07) is 0. The zero-order chi connectivity index (χ0) is 9.35. The smallest absolute Gasteiger partial charge is 0.309 e. The van der Waals surface area contributed by atoms with Gasteiger partial charge in [-0.05, 0) is 39.0 Å². The fraction of sp³-hybridized carbons (Fsp3) is 0.889. The average Bonchev–Trinajstić information content (AvgIpc) is 2.35. The van der Waals surface area contributed by atoms with Crippen molar-refractivity contribution < 1.29 is 15.0 Å². The van der Waals surface area contributed by atoms with E-state index in [0.29, 0.717) is 6.42 Å². The highest BCUT2D eigenvalue weighted by Gasteiger charge is 2.40. The van der Waals surface area contributed by atoms with Crippen molar-refractivity contribution in [2.45, 2.75) is 39.2 Å². The summed E-state index contributed by atoms with van der Waals surface area (Å²) in [5.74, 6) is -0.633. The number of aliphatic carboxylic acids is 1. The summed E-state index contributed by atoms with van der Waals surface area (Å²) in [6.07, 6.45) is 1.94. The minimum Gasteiger partial charge on any atom is -0.481 e. The minimum atomic E-state index is -0.762. The summed E-state index contributed by atoms with van der Waals surface area (Å²) in [5.41, 5.74) is -0.683. The van der Waals surface area contributed by atoms with Gasteiger partial charge in [0.2, 0.25) is 0 Å². The fourth-order valence-electron chi connectivity index (χ4n) is 1.79. The molecule has 1 saturated carbocycles. The van der Waals surface area contributed by atoms with Crippen molar-refractivity contribution in [3.05, 3.63) is 0 Å². The number of carboxylic acid groups (broad SMARTS) is 1. The molecule has 0 spiro atoms. The van der Waals surface area contributed by atoms with E-state index >= 15 is 0 Å². The molecular weight excluding hydrogens is 156 g/mol. The molecular formula is C9H16O3. The molecule has 0 amide bonds. The van der Waals surface area contributed by atoms with Crippen molar-refractivity contribution in [1.82, 2.24) is 0 Å². The number of hydrogen-bond donors (Lipinski definition) is 2. The molecule has 0 heterocycles. The molecule has 3 heteroatoms. The van der Waals surface area contributed by atoms with E-state index in [4.69, 9.17) is 5.11 Å². The average molecular weight is 172 g/mol. The molecule has 0 aromatic heterocycles. The fourth-order valence-corrected chi connectivity index (χ4v) is 1.79. The van der Waals surface area contributed by atoms with Crippen LogP contribution in [0.2, 0.25) is 0 Å². The Morgan fingerprint density at radius 1 is 1.42 bits per heavy atom. The van der Waals surface area contributed by atoms with E-state index in [1.807, 2.05) is 0 Å². The maximum atomic E-state index is 10.8. The Labute approximate surface area is 72.4 Å². The molecule has 3 nitrogen and oxygen atoms in total. The first kappa shape index (κ1) is 9.52. The monoisotopic (exact) mass is 172 g/mol. The van der Waals surface area contributed by atoms with E-state index in [9.17, 15) is 9.90 Å². The molecule has 1 aliphatic carbocycles. The lowest BCUT2D eigenvalue weighted by atomic mass is 9.78. The molecule has 2 N–H and O–H groups in total. The molecule has 1 aliphatic rings. The third-order valence-corrected chi connectivity index (χ3v) is 2.98. The molecule has 0 bridgehead atoms. The lowest BCUT2D eigenvalue weighted by Crippen LogP contribution is -2.31. The van der Waals surface area contributed by atoms with E-state index in [0.717, 1.165) is 12.8 Å². The summed E-state index contributed by atoms with van der Waals surface area (Å²) in [7, 11) is 0. The number of aliphatic hydroxyl groups is 1. The Morgan fingerprint density at radius 3 is 2.33 bits per heavy atom. The molecule has 70 valence electrons. The van der Waals surface area contributed by atoms with Gasteiger partial charge >= 0.3 is 5.97 Å². The van der Waals surface area contributed by atoms with Crippen LogP contribution in [0.15, 0.2) is 0 Å². The number of carbonyl (C=O) groups is 1. The van der Waals surface area contributed by atoms with Gasteiger partial charge in [-0.3, -0.25) is 4.79 Å². The van der Waals surface area contributed by atoms with Gasteiger partial charge < -0.3 is 10.2 Å². The molecule has 2 atom stereocenters. The van der Waals surface area contributed by atoms with Crippen molar-refractivity contribution >= 4 is 5.97 Å². The first-order valence-electron chi connectivity index (χ1n) is 4.36. The molecule has 0 aromatic rings. The molecule has 1 fully saturated rings. The Kier molecular flexibility index (Phi) is 2.42. The third-order valence-electron chi connectivity index (χ3n) is 2.98. The largest absolute Gasteiger partial charge is 0.481 e. The van der Waals surface area contributed by atoms with Crippen molar-refractivity contribution in [2.24, 2.45) is 11.3 Å². The van der Waals surface area contributed by atoms with Crippen molar-refractivity contribution in [2.75, 3.05) is 0 Å². The second-order valence-corrected chi connectivity index (χ2v) is 4.19. The zero-order valence-electron chi connectivity index (χ0n) is 7.58. The standard InChI is InChI=1S/C9H16O3/c1-9(2,8(11)12)6-3-4-7(10)5-6/h6-7,10H,3-5H2,1-2H3,(H,11,12). The van der Waals surface area contributed by atoms with Gasteiger partial charge in [0.25, 0.3) is 0 Å². The van der Waals surface area contributed by atoms with Crippen LogP contribution in [0.25, 0.3) is 0 Å². The number of carboxylic acids is 1. The zero-order valence-corrected chi connectivity index (χ0v) is 7.58. The van der Waals surface area contributed by atoms with Crippen LogP contribution in [0, 0.1) is 11.3 Å². The summed E-state index contributed by atoms with van der Waals surface area (Å²) >= 11 is 0. The predicted octanol–water partition coefficient (Wildman–Crippen LogP) is 1.26. The van der Waals surface area contributed by atoms with E-state index in [-0.39, 0.29) is 12.0 Å². The molecule has 0 radical (unpaired) electrons. The second-order valence-electron chi connectivity index (χ2n) is 4.19. The maximum absolute atomic E-state index is 10.8. The first-order valence-corrected chi connectivity index (χ1v) is 4.36.